The fourth-order valence-electron chi connectivity index (χ4n) is 2.29. The summed E-state index contributed by atoms with van der Waals surface area (Å²) in [6, 6.07) is 6.11. The van der Waals surface area contributed by atoms with E-state index in [1.165, 1.54) is 4.90 Å². The van der Waals surface area contributed by atoms with Crippen molar-refractivity contribution in [3.8, 4) is 0 Å². The number of benzene rings is 1. The minimum Gasteiger partial charge on any atom is -0.481 e. The Morgan fingerprint density at radius 3 is 2.59 bits per heavy atom. The molecule has 0 radical (unpaired) electrons. The number of hydrogen-bond acceptors (Lipinski definition) is 4. The van der Waals surface area contributed by atoms with Gasteiger partial charge in [0.2, 0.25) is 0 Å². The molecule has 2 rings (SSSR count). The fourth-order valence-corrected chi connectivity index (χ4v) is 2.29. The third-order valence-electron chi connectivity index (χ3n) is 3.24. The fraction of sp³-hybridized carbons (Fsp3) is 0.357. The quantitative estimate of drug-likeness (QED) is 0.754. The first-order chi connectivity index (χ1) is 10.0. The number of carboxylic acids is 1. The highest BCUT2D eigenvalue weighted by molar-refractivity contribution is 6.20. The third-order valence-corrected chi connectivity index (χ3v) is 3.24. The van der Waals surface area contributed by atoms with Crippen LogP contribution in [0.15, 0.2) is 24.3 Å². The number of hydrogen-bond donors (Lipinski definition) is 2. The zero-order valence-electron chi connectivity index (χ0n) is 11.9. The van der Waals surface area contributed by atoms with Crippen LogP contribution in [0.1, 0.15) is 12.0 Å². The summed E-state index contributed by atoms with van der Waals surface area (Å²) in [6.07, 6.45) is 0.375. The highest BCUT2D eigenvalue weighted by atomic mass is 35.5. The van der Waals surface area contributed by atoms with Gasteiger partial charge in [0.15, 0.2) is 0 Å². The largest absolute Gasteiger partial charge is 0.481 e. The van der Waals surface area contributed by atoms with Crippen molar-refractivity contribution in [1.82, 2.24) is 4.90 Å². The summed E-state index contributed by atoms with van der Waals surface area (Å²) in [7, 11) is 0. The van der Waals surface area contributed by atoms with E-state index in [1.807, 2.05) is 0 Å². The van der Waals surface area contributed by atoms with Crippen molar-refractivity contribution in [3.63, 3.8) is 0 Å². The lowest BCUT2D eigenvalue weighted by Gasteiger charge is -2.19. The van der Waals surface area contributed by atoms with Gasteiger partial charge in [0.05, 0.1) is 12.1 Å². The molecular weight excluding hydrogens is 310 g/mol. The van der Waals surface area contributed by atoms with Crippen molar-refractivity contribution < 1.29 is 19.5 Å². The number of carboxylic acid groups (broad SMARTS) is 1. The van der Waals surface area contributed by atoms with Gasteiger partial charge in [-0.15, -0.1) is 12.4 Å². The van der Waals surface area contributed by atoms with Crippen molar-refractivity contribution in [2.24, 2.45) is 5.73 Å². The maximum absolute atomic E-state index is 12.3. The highest BCUT2D eigenvalue weighted by Crippen LogP contribution is 2.26. The molecule has 8 heteroatoms. The predicted molar refractivity (Wildman–Crippen MR) is 83.2 cm³/mol. The van der Waals surface area contributed by atoms with Crippen LogP contribution in [0.2, 0.25) is 0 Å². The van der Waals surface area contributed by atoms with Gasteiger partial charge in [-0.05, 0) is 24.6 Å². The average molecular weight is 328 g/mol. The van der Waals surface area contributed by atoms with Crippen LogP contribution in [0, 0.1) is 0 Å². The first-order valence-corrected chi connectivity index (χ1v) is 6.66. The Labute approximate surface area is 134 Å². The Morgan fingerprint density at radius 1 is 1.27 bits per heavy atom. The van der Waals surface area contributed by atoms with Gasteiger partial charge in [-0.3, -0.25) is 9.59 Å². The van der Waals surface area contributed by atoms with Crippen LogP contribution in [0.3, 0.4) is 0 Å². The van der Waals surface area contributed by atoms with Crippen molar-refractivity contribution in [1.29, 1.82) is 0 Å². The summed E-state index contributed by atoms with van der Waals surface area (Å²) < 4.78 is 0. The molecule has 3 amide bonds. The van der Waals surface area contributed by atoms with E-state index in [0.717, 1.165) is 4.90 Å². The Kier molecular flexibility index (Phi) is 6.33. The second kappa shape index (κ2) is 7.77. The molecule has 1 saturated heterocycles. The van der Waals surface area contributed by atoms with Gasteiger partial charge < -0.3 is 15.7 Å². The molecule has 0 saturated carbocycles. The SMILES string of the molecule is Cl.NCCCN1CC(=O)N(c2ccccc2CC(=O)O)C1=O. The van der Waals surface area contributed by atoms with Crippen molar-refractivity contribution in [2.45, 2.75) is 12.8 Å². The van der Waals surface area contributed by atoms with Crippen LogP contribution in [0.25, 0.3) is 0 Å². The predicted octanol–water partition coefficient (Wildman–Crippen LogP) is 0.853. The number of rotatable bonds is 6. The molecule has 120 valence electrons. The van der Waals surface area contributed by atoms with E-state index < -0.39 is 12.0 Å². The number of urea groups is 1. The number of anilines is 1. The first-order valence-electron chi connectivity index (χ1n) is 6.66. The van der Waals surface area contributed by atoms with Gasteiger partial charge in [-0.25, -0.2) is 9.69 Å². The monoisotopic (exact) mass is 327 g/mol. The maximum atomic E-state index is 12.3. The molecular formula is C14H18ClN3O4. The summed E-state index contributed by atoms with van der Waals surface area (Å²) >= 11 is 0. The number of carbonyl (C=O) groups is 3. The maximum Gasteiger partial charge on any atom is 0.331 e. The van der Waals surface area contributed by atoms with Crippen molar-refractivity contribution in [3.05, 3.63) is 29.8 Å². The number of halogens is 1. The normalized spacial score (nSPS) is 14.2. The number of imide groups is 1. The molecule has 1 aromatic rings. The van der Waals surface area contributed by atoms with Crippen LogP contribution in [0.5, 0.6) is 0 Å². The molecule has 1 heterocycles. The van der Waals surface area contributed by atoms with E-state index in [-0.39, 0.29) is 31.3 Å². The van der Waals surface area contributed by atoms with Crippen molar-refractivity contribution >= 4 is 36.0 Å². The molecule has 1 fully saturated rings. The topological polar surface area (TPSA) is 104 Å². The Morgan fingerprint density at radius 2 is 1.95 bits per heavy atom. The number of carbonyl (C=O) groups excluding carboxylic acids is 2. The van der Waals surface area contributed by atoms with Gasteiger partial charge in [0.25, 0.3) is 5.91 Å². The van der Waals surface area contributed by atoms with E-state index >= 15 is 0 Å². The Bertz CT molecular complexity index is 579. The smallest absolute Gasteiger partial charge is 0.331 e. The first kappa shape index (κ1) is 17.9. The summed E-state index contributed by atoms with van der Waals surface area (Å²) in [5.74, 6) is -1.36. The van der Waals surface area contributed by atoms with Gasteiger partial charge in [-0.2, -0.15) is 0 Å². The van der Waals surface area contributed by atoms with E-state index in [9.17, 15) is 14.4 Å². The van der Waals surface area contributed by atoms with Crippen molar-refractivity contribution in [2.75, 3.05) is 24.5 Å². The number of aliphatic carboxylic acids is 1. The lowest BCUT2D eigenvalue weighted by molar-refractivity contribution is -0.136. The molecule has 1 aromatic carbocycles. The lowest BCUT2D eigenvalue weighted by Crippen LogP contribution is -2.34. The highest BCUT2D eigenvalue weighted by Gasteiger charge is 2.37. The standard InChI is InChI=1S/C14H17N3O4.ClH/c15-6-3-7-16-9-12(18)17(14(16)21)11-5-2-1-4-10(11)8-13(19)20;/h1-2,4-5H,3,6-9,15H2,(H,19,20);1H. The molecule has 3 N–H and O–H groups in total. The third kappa shape index (κ3) is 3.75. The van der Waals surface area contributed by atoms with Crippen LogP contribution < -0.4 is 10.6 Å². The molecule has 0 unspecified atom stereocenters. The molecule has 0 atom stereocenters. The van der Waals surface area contributed by atoms with E-state index in [2.05, 4.69) is 0 Å². The van der Waals surface area contributed by atoms with Crippen LogP contribution >= 0.6 is 12.4 Å². The Hall–Kier alpha value is -2.12. The molecule has 0 bridgehead atoms. The summed E-state index contributed by atoms with van der Waals surface area (Å²) in [5.41, 5.74) is 6.19. The second-order valence-electron chi connectivity index (χ2n) is 4.77. The van der Waals surface area contributed by atoms with Crippen LogP contribution in [0.4, 0.5) is 10.5 Å². The second-order valence-corrected chi connectivity index (χ2v) is 4.77. The number of nitrogens with two attached hydrogens (primary N) is 1. The summed E-state index contributed by atoms with van der Waals surface area (Å²) in [5, 5.41) is 8.92. The number of para-hydroxylation sites is 1. The molecule has 7 nitrogen and oxygen atoms in total. The molecule has 1 aliphatic heterocycles. The van der Waals surface area contributed by atoms with Gasteiger partial charge in [0, 0.05) is 6.54 Å². The number of amides is 3. The van der Waals surface area contributed by atoms with Gasteiger partial charge in [-0.1, -0.05) is 18.2 Å². The molecule has 22 heavy (non-hydrogen) atoms. The lowest BCUT2D eigenvalue weighted by atomic mass is 10.1. The van der Waals surface area contributed by atoms with Gasteiger partial charge >= 0.3 is 12.0 Å². The van der Waals surface area contributed by atoms with E-state index in [0.29, 0.717) is 30.8 Å². The minimum atomic E-state index is -1.01. The zero-order valence-corrected chi connectivity index (χ0v) is 12.7. The summed E-state index contributed by atoms with van der Waals surface area (Å²) in [4.78, 5) is 37.8. The minimum absolute atomic E-state index is 0. The Balaban J connectivity index is 0.00000242. The molecule has 0 aliphatic carbocycles. The average Bonchev–Trinajstić information content (AvgIpc) is 2.71. The van der Waals surface area contributed by atoms with E-state index in [1.54, 1.807) is 24.3 Å². The zero-order chi connectivity index (χ0) is 15.4. The van der Waals surface area contributed by atoms with Crippen LogP contribution in [-0.4, -0.2) is 47.5 Å². The molecule has 1 aliphatic rings. The van der Waals surface area contributed by atoms with E-state index in [4.69, 9.17) is 10.8 Å². The van der Waals surface area contributed by atoms with Gasteiger partial charge in [0.1, 0.15) is 6.54 Å². The summed E-state index contributed by atoms with van der Waals surface area (Å²) in [6.45, 7) is 0.854. The van der Waals surface area contributed by atoms with Crippen LogP contribution in [-0.2, 0) is 16.0 Å². The molecule has 0 spiro atoms. The molecule has 0 aromatic heterocycles. The number of nitrogens with zero attached hydrogens (tertiary/aromatic N) is 2.